The van der Waals surface area contributed by atoms with Crippen LogP contribution in [-0.4, -0.2) is 17.5 Å². The third-order valence-corrected chi connectivity index (χ3v) is 4.40. The van der Waals surface area contributed by atoms with E-state index in [4.69, 9.17) is 22.1 Å². The van der Waals surface area contributed by atoms with Gasteiger partial charge >= 0.3 is 5.95 Å². The molecule has 0 radical (unpaired) electrons. The molecule has 0 saturated heterocycles. The first-order valence-electron chi connectivity index (χ1n) is 7.77. The maximum atomic E-state index is 12.5. The topological polar surface area (TPSA) is 61.1 Å². The molecule has 5 nitrogen and oxygen atoms in total. The van der Waals surface area contributed by atoms with E-state index in [0.29, 0.717) is 22.3 Å². The van der Waals surface area contributed by atoms with Crippen molar-refractivity contribution in [2.24, 2.45) is 7.05 Å². The second kappa shape index (κ2) is 8.38. The molecule has 0 aliphatic carbocycles. The average molecular weight is 437 g/mol. The fourth-order valence-electron chi connectivity index (χ4n) is 2.65. The standard InChI is InChI=1S/C19H18ClN3O2.BrH/c1-22-17(13-3-7-15(20)8-4-13)11-23(19(22)21)12-18(24)14-5-9-16(25-2)10-6-14;/h3-11,21H,12H2,1-2H3;1H. The molecule has 0 amide bonds. The molecule has 1 heterocycles. The number of hydrogen-bond acceptors (Lipinski definition) is 3. The van der Waals surface area contributed by atoms with Gasteiger partial charge in [0.15, 0.2) is 5.78 Å². The van der Waals surface area contributed by atoms with E-state index in [1.165, 1.54) is 0 Å². The highest BCUT2D eigenvalue weighted by molar-refractivity contribution is 6.30. The number of imidazole rings is 1. The number of Topliss-reactive ketones (excluding diaryl/α,β-unsaturated/α-hetero) is 1. The molecule has 0 atom stereocenters. The molecule has 7 heteroatoms. The van der Waals surface area contributed by atoms with Crippen LogP contribution >= 0.6 is 11.6 Å². The van der Waals surface area contributed by atoms with Gasteiger partial charge in [-0.2, -0.15) is 0 Å². The number of rotatable bonds is 5. The molecule has 0 fully saturated rings. The van der Waals surface area contributed by atoms with E-state index in [2.05, 4.69) is 0 Å². The Bertz CT molecular complexity index is 906. The number of halogens is 2. The van der Waals surface area contributed by atoms with Gasteiger partial charge in [0.2, 0.25) is 0 Å². The summed E-state index contributed by atoms with van der Waals surface area (Å²) in [4.78, 5) is 12.5. The van der Waals surface area contributed by atoms with E-state index < -0.39 is 0 Å². The summed E-state index contributed by atoms with van der Waals surface area (Å²) in [6.07, 6.45) is 1.87. The Balaban J connectivity index is 0.00000243. The number of nitrogens with zero attached hydrogens (tertiary/aromatic N) is 2. The summed E-state index contributed by atoms with van der Waals surface area (Å²) in [6.45, 7) is 0.166. The van der Waals surface area contributed by atoms with Gasteiger partial charge < -0.3 is 21.7 Å². The van der Waals surface area contributed by atoms with Gasteiger partial charge in [-0.25, -0.2) is 9.13 Å². The fourth-order valence-corrected chi connectivity index (χ4v) is 2.78. The van der Waals surface area contributed by atoms with Gasteiger partial charge in [0.1, 0.15) is 24.2 Å². The molecule has 1 aromatic heterocycles. The molecular formula is C19H19BrClN3O2. The van der Waals surface area contributed by atoms with Crippen molar-refractivity contribution in [1.82, 2.24) is 4.57 Å². The van der Waals surface area contributed by atoms with Gasteiger partial charge in [-0.15, -0.1) is 0 Å². The van der Waals surface area contributed by atoms with Crippen molar-refractivity contribution in [3.8, 4) is 17.0 Å². The fraction of sp³-hybridized carbons (Fsp3) is 0.158. The number of nitrogens with two attached hydrogens (primary N) is 1. The number of nitrogen functional groups attached to an aromatic ring is 1. The zero-order valence-corrected chi connectivity index (χ0v) is 16.8. The lowest BCUT2D eigenvalue weighted by Crippen LogP contribution is -3.00. The number of aromatic nitrogens is 2. The molecule has 26 heavy (non-hydrogen) atoms. The molecule has 0 spiro atoms. The minimum atomic E-state index is -0.0207. The lowest BCUT2D eigenvalue weighted by molar-refractivity contribution is -0.667. The lowest BCUT2D eigenvalue weighted by atomic mass is 10.1. The summed E-state index contributed by atoms with van der Waals surface area (Å²) in [7, 11) is 3.46. The maximum Gasteiger partial charge on any atom is 0.355 e. The number of methoxy groups -OCH3 is 1. The third-order valence-electron chi connectivity index (χ3n) is 4.14. The van der Waals surface area contributed by atoms with Crippen LogP contribution in [-0.2, 0) is 13.6 Å². The monoisotopic (exact) mass is 435 g/mol. The van der Waals surface area contributed by atoms with Crippen molar-refractivity contribution < 1.29 is 31.1 Å². The SMILES string of the molecule is COc1ccc(C(=O)C[n+]2cc(-c3ccc(Cl)cc3)n(C)c2N)cc1.[Br-]. The quantitative estimate of drug-likeness (QED) is 0.456. The number of ketones is 1. The molecule has 0 saturated carbocycles. The van der Waals surface area contributed by atoms with Crippen molar-refractivity contribution in [2.75, 3.05) is 12.8 Å². The summed E-state index contributed by atoms with van der Waals surface area (Å²) in [6, 6.07) is 14.5. The van der Waals surface area contributed by atoms with Crippen LogP contribution in [0.2, 0.25) is 5.02 Å². The molecule has 0 aliphatic heterocycles. The highest BCUT2D eigenvalue weighted by Gasteiger charge is 2.20. The smallest absolute Gasteiger partial charge is 0.355 e. The highest BCUT2D eigenvalue weighted by Crippen LogP contribution is 2.22. The van der Waals surface area contributed by atoms with Crippen LogP contribution in [0, 0.1) is 0 Å². The Morgan fingerprint density at radius 3 is 2.35 bits per heavy atom. The van der Waals surface area contributed by atoms with Crippen molar-refractivity contribution >= 4 is 23.3 Å². The van der Waals surface area contributed by atoms with Crippen LogP contribution in [0.3, 0.4) is 0 Å². The summed E-state index contributed by atoms with van der Waals surface area (Å²) < 4.78 is 8.71. The minimum absolute atomic E-state index is 0. The summed E-state index contributed by atoms with van der Waals surface area (Å²) in [5.74, 6) is 1.20. The number of carbonyl (C=O) groups excluding carboxylic acids is 1. The lowest BCUT2D eigenvalue weighted by Gasteiger charge is -2.02. The van der Waals surface area contributed by atoms with Crippen LogP contribution in [0.5, 0.6) is 5.75 Å². The Hall–Kier alpha value is -2.31. The number of hydrogen-bond donors (Lipinski definition) is 1. The van der Waals surface area contributed by atoms with Crippen molar-refractivity contribution in [3.63, 3.8) is 0 Å². The first-order chi connectivity index (χ1) is 12.0. The van der Waals surface area contributed by atoms with Gasteiger partial charge in [0, 0.05) is 16.1 Å². The van der Waals surface area contributed by atoms with Gasteiger partial charge in [0.25, 0.3) is 0 Å². The van der Waals surface area contributed by atoms with Crippen LogP contribution < -0.4 is 32.0 Å². The third kappa shape index (κ3) is 4.08. The predicted octanol–water partition coefficient (Wildman–Crippen LogP) is 0.111. The number of benzene rings is 2. The zero-order chi connectivity index (χ0) is 18.0. The summed E-state index contributed by atoms with van der Waals surface area (Å²) in [5, 5.41) is 0.675. The second-order valence-corrected chi connectivity index (χ2v) is 6.15. The van der Waals surface area contributed by atoms with Crippen molar-refractivity contribution in [1.29, 1.82) is 0 Å². The minimum Gasteiger partial charge on any atom is -1.00 e. The Labute approximate surface area is 167 Å². The Morgan fingerprint density at radius 2 is 1.77 bits per heavy atom. The summed E-state index contributed by atoms with van der Waals surface area (Å²) >= 11 is 5.94. The first-order valence-corrected chi connectivity index (χ1v) is 8.15. The number of anilines is 1. The summed E-state index contributed by atoms with van der Waals surface area (Å²) in [5.41, 5.74) is 8.68. The number of carbonyl (C=O) groups is 1. The van der Waals surface area contributed by atoms with E-state index in [0.717, 1.165) is 11.3 Å². The molecule has 0 unspecified atom stereocenters. The van der Waals surface area contributed by atoms with E-state index in [9.17, 15) is 4.79 Å². The van der Waals surface area contributed by atoms with E-state index >= 15 is 0 Å². The Kier molecular flexibility index (Phi) is 6.45. The highest BCUT2D eigenvalue weighted by atomic mass is 79.9. The normalized spacial score (nSPS) is 10.3. The molecular weight excluding hydrogens is 418 g/mol. The molecule has 3 rings (SSSR count). The van der Waals surface area contributed by atoms with Gasteiger partial charge in [-0.3, -0.25) is 10.5 Å². The van der Waals surface area contributed by atoms with Crippen LogP contribution in [0.1, 0.15) is 10.4 Å². The average Bonchev–Trinajstić information content (AvgIpc) is 2.91. The van der Waals surface area contributed by atoms with Crippen LogP contribution in [0.4, 0.5) is 5.95 Å². The Morgan fingerprint density at radius 1 is 1.15 bits per heavy atom. The maximum absolute atomic E-state index is 12.5. The molecule has 3 aromatic rings. The zero-order valence-electron chi connectivity index (χ0n) is 14.4. The first kappa shape index (κ1) is 20.0. The second-order valence-electron chi connectivity index (χ2n) is 5.72. The van der Waals surface area contributed by atoms with Crippen molar-refractivity contribution in [2.45, 2.75) is 6.54 Å². The van der Waals surface area contributed by atoms with E-state index in [1.807, 2.05) is 42.1 Å². The molecule has 0 bridgehead atoms. The predicted molar refractivity (Wildman–Crippen MR) is 97.8 cm³/mol. The number of ether oxygens (including phenoxy) is 1. The van der Waals surface area contributed by atoms with E-state index in [1.54, 1.807) is 35.9 Å². The molecule has 0 aliphatic rings. The van der Waals surface area contributed by atoms with Gasteiger partial charge in [-0.1, -0.05) is 11.6 Å². The van der Waals surface area contributed by atoms with E-state index in [-0.39, 0.29) is 29.3 Å². The van der Waals surface area contributed by atoms with Crippen molar-refractivity contribution in [3.05, 3.63) is 65.3 Å². The molecule has 2 N–H and O–H groups in total. The van der Waals surface area contributed by atoms with Crippen LogP contribution in [0.25, 0.3) is 11.3 Å². The molecule has 2 aromatic carbocycles. The van der Waals surface area contributed by atoms with Gasteiger partial charge in [-0.05, 0) is 48.5 Å². The largest absolute Gasteiger partial charge is 1.00 e. The molecule has 136 valence electrons. The van der Waals surface area contributed by atoms with Gasteiger partial charge in [0.05, 0.1) is 14.2 Å². The van der Waals surface area contributed by atoms with Crippen LogP contribution in [0.15, 0.2) is 54.7 Å².